The molecule has 28 heavy (non-hydrogen) atoms. The van der Waals surface area contributed by atoms with E-state index in [0.717, 1.165) is 13.2 Å². The molecule has 2 heterocycles. The van der Waals surface area contributed by atoms with Crippen LogP contribution in [0.1, 0.15) is 26.9 Å². The van der Waals surface area contributed by atoms with E-state index >= 15 is 0 Å². The van der Waals surface area contributed by atoms with Gasteiger partial charge in [0, 0.05) is 18.8 Å². The van der Waals surface area contributed by atoms with E-state index in [1.54, 1.807) is 0 Å². The van der Waals surface area contributed by atoms with Crippen LogP contribution in [0.2, 0.25) is 0 Å². The van der Waals surface area contributed by atoms with Gasteiger partial charge in [-0.05, 0) is 24.3 Å². The molecule has 1 aromatic carbocycles. The number of rotatable bonds is 5. The highest BCUT2D eigenvalue weighted by Gasteiger charge is 2.26. The van der Waals surface area contributed by atoms with Crippen molar-refractivity contribution in [2.75, 3.05) is 12.4 Å². The van der Waals surface area contributed by atoms with Crippen LogP contribution >= 0.6 is 0 Å². The smallest absolute Gasteiger partial charge is 0.278 e. The van der Waals surface area contributed by atoms with E-state index in [0.29, 0.717) is 0 Å². The fourth-order valence-electron chi connectivity index (χ4n) is 2.51. The van der Waals surface area contributed by atoms with E-state index in [1.807, 2.05) is 0 Å². The van der Waals surface area contributed by atoms with Crippen LogP contribution in [0.25, 0.3) is 11.3 Å². The number of nitrogens with zero attached hydrogens (tertiary/aromatic N) is 2. The van der Waals surface area contributed by atoms with Gasteiger partial charge in [-0.2, -0.15) is 4.39 Å². The highest BCUT2D eigenvalue weighted by Crippen LogP contribution is 2.36. The number of benzene rings is 1. The average molecular weight is 388 g/mol. The number of methoxy groups -OCH3 is 1. The Labute approximate surface area is 157 Å². The van der Waals surface area contributed by atoms with Crippen molar-refractivity contribution in [3.8, 4) is 17.1 Å². The van der Waals surface area contributed by atoms with Crippen LogP contribution < -0.4 is 15.8 Å². The summed E-state index contributed by atoms with van der Waals surface area (Å²) >= 11 is 0. The van der Waals surface area contributed by atoms with Crippen LogP contribution in [-0.4, -0.2) is 28.9 Å². The Morgan fingerprint density at radius 1 is 1.25 bits per heavy atom. The Kier molecular flexibility index (Phi) is 5.03. The van der Waals surface area contributed by atoms with Gasteiger partial charge in [-0.25, -0.2) is 9.37 Å². The highest BCUT2D eigenvalue weighted by atomic mass is 19.2. The number of ether oxygens (including phenoxy) is 1. The molecular formula is C18H14F2N4O4. The van der Waals surface area contributed by atoms with Crippen molar-refractivity contribution in [1.29, 1.82) is 0 Å². The number of amides is 2. The molecule has 0 aliphatic carbocycles. The molecule has 0 radical (unpaired) electrons. The van der Waals surface area contributed by atoms with Crippen LogP contribution in [0.5, 0.6) is 5.75 Å². The second kappa shape index (κ2) is 7.43. The minimum absolute atomic E-state index is 0.0136. The van der Waals surface area contributed by atoms with Crippen molar-refractivity contribution >= 4 is 17.5 Å². The molecule has 144 valence electrons. The van der Waals surface area contributed by atoms with Crippen LogP contribution in [0, 0.1) is 18.6 Å². The standard InChI is InChI=1S/C18H14F2N4O4/c1-8-23-14(18(26)24-9-5-6-22-12(7-9)17(21)25)16(28-8)10-3-4-11(19)13(20)15(10)27-2/h3-7H,1-2H3,(H2,21,25)(H,22,24,26). The molecule has 0 spiro atoms. The number of carbonyl (C=O) groups is 2. The van der Waals surface area contributed by atoms with Crippen LogP contribution in [0.4, 0.5) is 14.5 Å². The third kappa shape index (κ3) is 3.52. The summed E-state index contributed by atoms with van der Waals surface area (Å²) in [6, 6.07) is 4.82. The van der Waals surface area contributed by atoms with Gasteiger partial charge in [0.05, 0.1) is 12.7 Å². The summed E-state index contributed by atoms with van der Waals surface area (Å²) in [5, 5.41) is 2.52. The van der Waals surface area contributed by atoms with Crippen molar-refractivity contribution in [3.05, 3.63) is 59.4 Å². The van der Waals surface area contributed by atoms with Gasteiger partial charge in [0.25, 0.3) is 11.8 Å². The Hall–Kier alpha value is -3.82. The lowest BCUT2D eigenvalue weighted by Crippen LogP contribution is -2.16. The van der Waals surface area contributed by atoms with Crippen molar-refractivity contribution in [3.63, 3.8) is 0 Å². The number of hydrogen-bond acceptors (Lipinski definition) is 6. The molecule has 0 aliphatic heterocycles. The molecule has 0 saturated heterocycles. The van der Waals surface area contributed by atoms with Crippen molar-refractivity contribution in [2.45, 2.75) is 6.92 Å². The number of primary amides is 1. The van der Waals surface area contributed by atoms with E-state index in [2.05, 4.69) is 15.3 Å². The summed E-state index contributed by atoms with van der Waals surface area (Å²) in [6.07, 6.45) is 1.29. The number of halogens is 2. The SMILES string of the molecule is COc1c(-c2oc(C)nc2C(=O)Nc2ccnc(C(N)=O)c2)ccc(F)c1F. The highest BCUT2D eigenvalue weighted by molar-refractivity contribution is 6.07. The zero-order valence-corrected chi connectivity index (χ0v) is 14.7. The average Bonchev–Trinajstić information content (AvgIpc) is 3.05. The first-order chi connectivity index (χ1) is 13.3. The topological polar surface area (TPSA) is 120 Å². The van der Waals surface area contributed by atoms with Crippen molar-refractivity contribution in [1.82, 2.24) is 9.97 Å². The molecule has 0 unspecified atom stereocenters. The van der Waals surface area contributed by atoms with E-state index in [1.165, 1.54) is 31.3 Å². The first kappa shape index (κ1) is 19.0. The number of carbonyl (C=O) groups excluding carboxylic acids is 2. The molecule has 3 rings (SSSR count). The number of aromatic nitrogens is 2. The fraction of sp³-hybridized carbons (Fsp3) is 0.111. The number of pyridine rings is 1. The Morgan fingerprint density at radius 3 is 2.68 bits per heavy atom. The largest absolute Gasteiger partial charge is 0.493 e. The first-order valence-corrected chi connectivity index (χ1v) is 7.88. The molecule has 3 N–H and O–H groups in total. The van der Waals surface area contributed by atoms with Gasteiger partial charge in [-0.3, -0.25) is 14.6 Å². The zero-order chi connectivity index (χ0) is 20.4. The Balaban J connectivity index is 2.01. The quantitative estimate of drug-likeness (QED) is 0.693. The lowest BCUT2D eigenvalue weighted by Gasteiger charge is -2.09. The molecule has 3 aromatic rings. The van der Waals surface area contributed by atoms with Gasteiger partial charge in [-0.1, -0.05) is 0 Å². The molecular weight excluding hydrogens is 374 g/mol. The summed E-state index contributed by atoms with van der Waals surface area (Å²) in [7, 11) is 1.16. The monoisotopic (exact) mass is 388 g/mol. The number of hydrogen-bond donors (Lipinski definition) is 2. The van der Waals surface area contributed by atoms with Gasteiger partial charge < -0.3 is 20.2 Å². The molecule has 0 bridgehead atoms. The zero-order valence-electron chi connectivity index (χ0n) is 14.7. The lowest BCUT2D eigenvalue weighted by molar-refractivity contribution is 0.0991. The second-order valence-electron chi connectivity index (χ2n) is 5.60. The van der Waals surface area contributed by atoms with Gasteiger partial charge in [0.1, 0.15) is 5.69 Å². The van der Waals surface area contributed by atoms with Gasteiger partial charge in [0.2, 0.25) is 5.82 Å². The number of nitrogens with two attached hydrogens (primary N) is 1. The van der Waals surface area contributed by atoms with Crippen LogP contribution in [0.15, 0.2) is 34.9 Å². The number of oxazole rings is 1. The van der Waals surface area contributed by atoms with Gasteiger partial charge in [0.15, 0.2) is 28.9 Å². The Bertz CT molecular complexity index is 1080. The van der Waals surface area contributed by atoms with Crippen LogP contribution in [-0.2, 0) is 0 Å². The molecule has 0 aliphatic rings. The predicted octanol–water partition coefficient (Wildman–Crippen LogP) is 2.68. The normalized spacial score (nSPS) is 10.6. The van der Waals surface area contributed by atoms with E-state index in [-0.39, 0.29) is 34.3 Å². The maximum absolute atomic E-state index is 14.0. The van der Waals surface area contributed by atoms with Crippen molar-refractivity contribution < 1.29 is 27.5 Å². The van der Waals surface area contributed by atoms with Gasteiger partial charge in [-0.15, -0.1) is 0 Å². The lowest BCUT2D eigenvalue weighted by atomic mass is 10.1. The summed E-state index contributed by atoms with van der Waals surface area (Å²) in [4.78, 5) is 31.7. The van der Waals surface area contributed by atoms with Crippen molar-refractivity contribution in [2.24, 2.45) is 5.73 Å². The summed E-state index contributed by atoms with van der Waals surface area (Å²) in [5.74, 6) is -4.21. The van der Waals surface area contributed by atoms with Gasteiger partial charge >= 0.3 is 0 Å². The molecule has 8 nitrogen and oxygen atoms in total. The van der Waals surface area contributed by atoms with Crippen LogP contribution in [0.3, 0.4) is 0 Å². The van der Waals surface area contributed by atoms with E-state index in [4.69, 9.17) is 14.9 Å². The third-order valence-electron chi connectivity index (χ3n) is 3.72. The maximum atomic E-state index is 14.0. The minimum Gasteiger partial charge on any atom is -0.493 e. The summed E-state index contributed by atoms with van der Waals surface area (Å²) in [5.41, 5.74) is 5.19. The predicted molar refractivity (Wildman–Crippen MR) is 93.9 cm³/mol. The third-order valence-corrected chi connectivity index (χ3v) is 3.72. The molecule has 10 heteroatoms. The summed E-state index contributed by atoms with van der Waals surface area (Å²) in [6.45, 7) is 1.49. The molecule has 0 saturated carbocycles. The molecule has 0 atom stereocenters. The minimum atomic E-state index is -1.22. The van der Waals surface area contributed by atoms with E-state index < -0.39 is 29.2 Å². The maximum Gasteiger partial charge on any atom is 0.278 e. The molecule has 2 amide bonds. The molecule has 2 aromatic heterocycles. The number of nitrogens with one attached hydrogen (secondary N) is 1. The number of aryl methyl sites for hydroxylation is 1. The first-order valence-electron chi connectivity index (χ1n) is 7.88. The molecule has 0 fully saturated rings. The summed E-state index contributed by atoms with van der Waals surface area (Å²) < 4.78 is 37.9. The Morgan fingerprint density at radius 2 is 2.00 bits per heavy atom. The second-order valence-corrected chi connectivity index (χ2v) is 5.60. The van der Waals surface area contributed by atoms with E-state index in [9.17, 15) is 18.4 Å². The number of anilines is 1. The fourth-order valence-corrected chi connectivity index (χ4v) is 2.51.